The maximum absolute atomic E-state index is 11.9. The van der Waals surface area contributed by atoms with Crippen LogP contribution in [0.15, 0.2) is 88.4 Å². The number of halogens is 1. The minimum atomic E-state index is -0.857. The fourth-order valence-corrected chi connectivity index (χ4v) is 2.76. The molecule has 3 aromatic rings. The Kier molecular flexibility index (Phi) is 7.13. The molecule has 2 amide bonds. The molecule has 0 saturated heterocycles. The third-order valence-electron chi connectivity index (χ3n) is 3.80. The summed E-state index contributed by atoms with van der Waals surface area (Å²) in [6, 6.07) is 24.1. The number of carbonyl (C=O) groups excluding carboxylic acids is 2. The van der Waals surface area contributed by atoms with Gasteiger partial charge in [-0.3, -0.25) is 9.59 Å². The highest BCUT2D eigenvalue weighted by atomic mass is 79.9. The van der Waals surface area contributed by atoms with Gasteiger partial charge in [-0.25, -0.2) is 5.43 Å². The fourth-order valence-electron chi connectivity index (χ4n) is 2.36. The topological polar surface area (TPSA) is 79.8 Å². The summed E-state index contributed by atoms with van der Waals surface area (Å²) < 4.78 is 6.51. The van der Waals surface area contributed by atoms with Gasteiger partial charge in [-0.05, 0) is 53.6 Å². The summed E-state index contributed by atoms with van der Waals surface area (Å²) >= 11 is 3.30. The summed E-state index contributed by atoms with van der Waals surface area (Å²) in [4.78, 5) is 23.7. The number of carbonyl (C=O) groups is 2. The van der Waals surface area contributed by atoms with Gasteiger partial charge in [0.05, 0.1) is 6.21 Å². The highest BCUT2D eigenvalue weighted by molar-refractivity contribution is 9.10. The summed E-state index contributed by atoms with van der Waals surface area (Å²) in [5.74, 6) is -0.933. The second-order valence-electron chi connectivity index (χ2n) is 6.01. The van der Waals surface area contributed by atoms with Gasteiger partial charge in [-0.15, -0.1) is 0 Å². The van der Waals surface area contributed by atoms with Crippen molar-refractivity contribution in [1.29, 1.82) is 0 Å². The predicted octanol–water partition coefficient (Wildman–Crippen LogP) is 4.12. The van der Waals surface area contributed by atoms with E-state index in [2.05, 4.69) is 31.8 Å². The Labute approximate surface area is 176 Å². The van der Waals surface area contributed by atoms with Crippen LogP contribution in [0.3, 0.4) is 0 Å². The van der Waals surface area contributed by atoms with E-state index in [9.17, 15) is 9.59 Å². The molecule has 0 unspecified atom stereocenters. The number of amides is 2. The predicted molar refractivity (Wildman–Crippen MR) is 116 cm³/mol. The standard InChI is InChI=1S/C22H18BrN3O3/c23-18-7-4-8-19(13-18)25-21(27)22(28)26-24-14-16-9-11-20(12-10-16)29-15-17-5-2-1-3-6-17/h1-14H,15H2,(H,25,27)(H,26,28). The third kappa shape index (κ3) is 6.58. The van der Waals surface area contributed by atoms with E-state index in [-0.39, 0.29) is 0 Å². The zero-order valence-corrected chi connectivity index (χ0v) is 16.9. The van der Waals surface area contributed by atoms with Crippen LogP contribution in [0.4, 0.5) is 5.69 Å². The summed E-state index contributed by atoms with van der Waals surface area (Å²) in [5, 5.41) is 6.30. The molecule has 3 aromatic carbocycles. The molecule has 0 heterocycles. The lowest BCUT2D eigenvalue weighted by Crippen LogP contribution is -2.32. The zero-order chi connectivity index (χ0) is 20.5. The molecule has 0 aliphatic carbocycles. The average molecular weight is 452 g/mol. The van der Waals surface area contributed by atoms with Gasteiger partial charge in [-0.2, -0.15) is 5.10 Å². The lowest BCUT2D eigenvalue weighted by Gasteiger charge is -2.06. The second kappa shape index (κ2) is 10.2. The Balaban J connectivity index is 1.47. The van der Waals surface area contributed by atoms with Gasteiger partial charge in [0.15, 0.2) is 0 Å². The molecule has 3 rings (SSSR count). The maximum atomic E-state index is 11.9. The summed E-state index contributed by atoms with van der Waals surface area (Å²) in [7, 11) is 0. The molecule has 7 heteroatoms. The van der Waals surface area contributed by atoms with E-state index in [1.54, 1.807) is 30.3 Å². The summed E-state index contributed by atoms with van der Waals surface area (Å²) in [5.41, 5.74) is 4.55. The van der Waals surface area contributed by atoms with Gasteiger partial charge in [0.1, 0.15) is 12.4 Å². The van der Waals surface area contributed by atoms with Crippen molar-refractivity contribution in [2.45, 2.75) is 6.61 Å². The van der Waals surface area contributed by atoms with Crippen LogP contribution in [-0.2, 0) is 16.2 Å². The van der Waals surface area contributed by atoms with Crippen LogP contribution in [0.2, 0.25) is 0 Å². The smallest absolute Gasteiger partial charge is 0.329 e. The van der Waals surface area contributed by atoms with E-state index in [0.717, 1.165) is 21.3 Å². The Bertz CT molecular complexity index is 1010. The summed E-state index contributed by atoms with van der Waals surface area (Å²) in [6.45, 7) is 0.484. The largest absolute Gasteiger partial charge is 0.489 e. The van der Waals surface area contributed by atoms with Crippen LogP contribution in [0.25, 0.3) is 0 Å². The van der Waals surface area contributed by atoms with Gasteiger partial charge in [0, 0.05) is 10.2 Å². The SMILES string of the molecule is O=C(NN=Cc1ccc(OCc2ccccc2)cc1)C(=O)Nc1cccc(Br)c1. The third-order valence-corrected chi connectivity index (χ3v) is 4.29. The number of rotatable bonds is 6. The lowest BCUT2D eigenvalue weighted by molar-refractivity contribution is -0.136. The van der Waals surface area contributed by atoms with Crippen molar-refractivity contribution in [3.63, 3.8) is 0 Å². The Morgan fingerprint density at radius 2 is 1.69 bits per heavy atom. The maximum Gasteiger partial charge on any atom is 0.329 e. The van der Waals surface area contributed by atoms with Crippen molar-refractivity contribution in [3.8, 4) is 5.75 Å². The second-order valence-corrected chi connectivity index (χ2v) is 6.92. The quantitative estimate of drug-likeness (QED) is 0.336. The molecule has 29 heavy (non-hydrogen) atoms. The first-order chi connectivity index (χ1) is 14.1. The van der Waals surface area contributed by atoms with Gasteiger partial charge in [0.2, 0.25) is 0 Å². The van der Waals surface area contributed by atoms with Crippen LogP contribution < -0.4 is 15.5 Å². The first kappa shape index (κ1) is 20.3. The number of anilines is 1. The number of hydrogen-bond acceptors (Lipinski definition) is 4. The van der Waals surface area contributed by atoms with Gasteiger partial charge < -0.3 is 10.1 Å². The van der Waals surface area contributed by atoms with Crippen LogP contribution >= 0.6 is 15.9 Å². The number of nitrogens with zero attached hydrogens (tertiary/aromatic N) is 1. The molecule has 6 nitrogen and oxygen atoms in total. The number of hydrazone groups is 1. The van der Waals surface area contributed by atoms with Crippen molar-refractivity contribution in [2.75, 3.05) is 5.32 Å². The molecular formula is C22H18BrN3O3. The molecule has 0 fully saturated rings. The van der Waals surface area contributed by atoms with Crippen molar-refractivity contribution < 1.29 is 14.3 Å². The lowest BCUT2D eigenvalue weighted by atomic mass is 10.2. The molecular weight excluding hydrogens is 434 g/mol. The van der Waals surface area contributed by atoms with Crippen molar-refractivity contribution >= 4 is 39.6 Å². The molecule has 0 aromatic heterocycles. The normalized spacial score (nSPS) is 10.5. The monoisotopic (exact) mass is 451 g/mol. The van der Waals surface area contributed by atoms with Crippen LogP contribution in [0.1, 0.15) is 11.1 Å². The fraction of sp³-hybridized carbons (Fsp3) is 0.0455. The number of benzene rings is 3. The number of nitrogens with one attached hydrogen (secondary N) is 2. The minimum Gasteiger partial charge on any atom is -0.489 e. The number of ether oxygens (including phenoxy) is 1. The van der Waals surface area contributed by atoms with Crippen molar-refractivity contribution in [1.82, 2.24) is 5.43 Å². The molecule has 0 saturated carbocycles. The Morgan fingerprint density at radius 1 is 0.931 bits per heavy atom. The average Bonchev–Trinajstić information content (AvgIpc) is 2.74. The molecule has 0 radical (unpaired) electrons. The van der Waals surface area contributed by atoms with E-state index in [1.807, 2.05) is 48.5 Å². The van der Waals surface area contributed by atoms with E-state index in [4.69, 9.17) is 4.74 Å². The Hall–Kier alpha value is -3.45. The van der Waals surface area contributed by atoms with E-state index in [1.165, 1.54) is 6.21 Å². The van der Waals surface area contributed by atoms with Gasteiger partial charge >= 0.3 is 11.8 Å². The minimum absolute atomic E-state index is 0.484. The number of hydrogen-bond donors (Lipinski definition) is 2. The van der Waals surface area contributed by atoms with Gasteiger partial charge in [-0.1, -0.05) is 52.3 Å². The van der Waals surface area contributed by atoms with E-state index in [0.29, 0.717) is 12.3 Å². The first-order valence-electron chi connectivity index (χ1n) is 8.77. The van der Waals surface area contributed by atoms with E-state index < -0.39 is 11.8 Å². The first-order valence-corrected chi connectivity index (χ1v) is 9.56. The highest BCUT2D eigenvalue weighted by Gasteiger charge is 2.12. The molecule has 0 spiro atoms. The molecule has 146 valence electrons. The van der Waals surface area contributed by atoms with Crippen molar-refractivity contribution in [3.05, 3.63) is 94.5 Å². The van der Waals surface area contributed by atoms with Crippen LogP contribution in [0.5, 0.6) is 5.75 Å². The van der Waals surface area contributed by atoms with E-state index >= 15 is 0 Å². The molecule has 0 aliphatic heterocycles. The van der Waals surface area contributed by atoms with Gasteiger partial charge in [0.25, 0.3) is 0 Å². The molecule has 0 aliphatic rings. The zero-order valence-electron chi connectivity index (χ0n) is 15.3. The molecule has 0 atom stereocenters. The highest BCUT2D eigenvalue weighted by Crippen LogP contribution is 2.15. The molecule has 0 bridgehead atoms. The van der Waals surface area contributed by atoms with Crippen LogP contribution in [-0.4, -0.2) is 18.0 Å². The summed E-state index contributed by atoms with van der Waals surface area (Å²) in [6.07, 6.45) is 1.45. The van der Waals surface area contributed by atoms with Crippen molar-refractivity contribution in [2.24, 2.45) is 5.10 Å². The van der Waals surface area contributed by atoms with Crippen LogP contribution in [0, 0.1) is 0 Å². The Morgan fingerprint density at radius 3 is 2.41 bits per heavy atom. The molecule has 2 N–H and O–H groups in total.